The molecule has 0 saturated carbocycles. The average molecular weight is 410 g/mol. The third kappa shape index (κ3) is 4.17. The van der Waals surface area contributed by atoms with Gasteiger partial charge in [0.25, 0.3) is 5.91 Å². The quantitative estimate of drug-likeness (QED) is 0.797. The molecule has 0 bridgehead atoms. The molecule has 2 aliphatic rings. The molecule has 5 nitrogen and oxygen atoms in total. The second-order valence-corrected chi connectivity index (χ2v) is 8.13. The SMILES string of the molecule is CCN(CC)C(=O)[C@H](c1ccccc1)[NH+]1CCC[C@@H]1c1ccc2c(c1)OCCCO2. The van der Waals surface area contributed by atoms with Crippen LogP contribution in [0.1, 0.15) is 56.3 Å². The van der Waals surface area contributed by atoms with Gasteiger partial charge in [0, 0.05) is 43.5 Å². The van der Waals surface area contributed by atoms with Gasteiger partial charge < -0.3 is 19.3 Å². The van der Waals surface area contributed by atoms with Crippen molar-refractivity contribution in [1.29, 1.82) is 0 Å². The van der Waals surface area contributed by atoms with Crippen LogP contribution in [0.5, 0.6) is 11.5 Å². The molecule has 1 unspecified atom stereocenters. The van der Waals surface area contributed by atoms with Crippen LogP contribution in [0.2, 0.25) is 0 Å². The van der Waals surface area contributed by atoms with Crippen molar-refractivity contribution in [3.05, 3.63) is 59.7 Å². The topological polar surface area (TPSA) is 43.2 Å². The average Bonchev–Trinajstić information content (AvgIpc) is 3.13. The van der Waals surface area contributed by atoms with Crippen LogP contribution < -0.4 is 14.4 Å². The van der Waals surface area contributed by atoms with Gasteiger partial charge in [0.2, 0.25) is 0 Å². The number of amides is 1. The largest absolute Gasteiger partial charge is 0.490 e. The molecule has 1 saturated heterocycles. The zero-order valence-electron chi connectivity index (χ0n) is 18.1. The highest BCUT2D eigenvalue weighted by atomic mass is 16.5. The Labute approximate surface area is 179 Å². The van der Waals surface area contributed by atoms with E-state index in [1.54, 1.807) is 0 Å². The zero-order valence-corrected chi connectivity index (χ0v) is 18.1. The van der Waals surface area contributed by atoms with Crippen molar-refractivity contribution in [2.75, 3.05) is 32.8 Å². The van der Waals surface area contributed by atoms with Gasteiger partial charge in [-0.15, -0.1) is 0 Å². The molecule has 3 atom stereocenters. The lowest BCUT2D eigenvalue weighted by atomic mass is 9.98. The van der Waals surface area contributed by atoms with Gasteiger partial charge in [0.1, 0.15) is 6.04 Å². The molecule has 0 spiro atoms. The summed E-state index contributed by atoms with van der Waals surface area (Å²) in [5, 5.41) is 0. The van der Waals surface area contributed by atoms with Crippen molar-refractivity contribution in [2.24, 2.45) is 0 Å². The van der Waals surface area contributed by atoms with Crippen molar-refractivity contribution in [1.82, 2.24) is 4.90 Å². The van der Waals surface area contributed by atoms with Crippen LogP contribution in [0.15, 0.2) is 48.5 Å². The minimum Gasteiger partial charge on any atom is -0.490 e. The van der Waals surface area contributed by atoms with Gasteiger partial charge in [-0.2, -0.15) is 0 Å². The van der Waals surface area contributed by atoms with E-state index in [1.165, 1.54) is 10.5 Å². The molecule has 2 aliphatic heterocycles. The van der Waals surface area contributed by atoms with Crippen LogP contribution in [0.4, 0.5) is 0 Å². The Bertz CT molecular complexity index is 851. The number of nitrogens with one attached hydrogen (secondary N) is 1. The summed E-state index contributed by atoms with van der Waals surface area (Å²) >= 11 is 0. The van der Waals surface area contributed by atoms with E-state index in [0.29, 0.717) is 13.2 Å². The summed E-state index contributed by atoms with van der Waals surface area (Å²) < 4.78 is 11.8. The summed E-state index contributed by atoms with van der Waals surface area (Å²) in [7, 11) is 0. The molecule has 0 aromatic heterocycles. The molecule has 5 heteroatoms. The lowest BCUT2D eigenvalue weighted by Crippen LogP contribution is -3.11. The van der Waals surface area contributed by atoms with Gasteiger partial charge in [-0.3, -0.25) is 4.79 Å². The maximum absolute atomic E-state index is 13.6. The molecule has 160 valence electrons. The second-order valence-electron chi connectivity index (χ2n) is 8.13. The maximum Gasteiger partial charge on any atom is 0.285 e. The van der Waals surface area contributed by atoms with Gasteiger partial charge in [0.15, 0.2) is 17.5 Å². The van der Waals surface area contributed by atoms with Crippen LogP contribution in [0.25, 0.3) is 0 Å². The number of rotatable bonds is 6. The van der Waals surface area contributed by atoms with Gasteiger partial charge in [-0.25, -0.2) is 0 Å². The molecular weight excluding hydrogens is 376 g/mol. The highest BCUT2D eigenvalue weighted by Gasteiger charge is 2.42. The van der Waals surface area contributed by atoms with E-state index in [4.69, 9.17) is 9.47 Å². The smallest absolute Gasteiger partial charge is 0.285 e. The molecule has 30 heavy (non-hydrogen) atoms. The summed E-state index contributed by atoms with van der Waals surface area (Å²) in [6, 6.07) is 16.7. The predicted molar refractivity (Wildman–Crippen MR) is 117 cm³/mol. The van der Waals surface area contributed by atoms with Crippen LogP contribution in [-0.2, 0) is 4.79 Å². The van der Waals surface area contributed by atoms with E-state index >= 15 is 0 Å². The summed E-state index contributed by atoms with van der Waals surface area (Å²) in [6.45, 7) is 7.97. The van der Waals surface area contributed by atoms with Crippen molar-refractivity contribution < 1.29 is 19.2 Å². The summed E-state index contributed by atoms with van der Waals surface area (Å²) in [6.07, 6.45) is 3.09. The van der Waals surface area contributed by atoms with E-state index < -0.39 is 0 Å². The Morgan fingerprint density at radius 2 is 1.77 bits per heavy atom. The molecule has 2 heterocycles. The zero-order chi connectivity index (χ0) is 20.9. The van der Waals surface area contributed by atoms with Crippen molar-refractivity contribution in [2.45, 2.75) is 45.2 Å². The standard InChI is InChI=1S/C25H32N2O3/c1-3-26(4-2)25(28)24(19-10-6-5-7-11-19)27-15-8-12-21(27)20-13-14-22-23(18-20)30-17-9-16-29-22/h5-7,10-11,13-14,18,21,24H,3-4,8-9,12,15-17H2,1-2H3/p+1/t21-,24+/m1/s1. The number of fused-ring (bicyclic) bond motifs is 1. The molecule has 2 aromatic rings. The first-order chi connectivity index (χ1) is 14.7. The fraction of sp³-hybridized carbons (Fsp3) is 0.480. The number of carbonyl (C=O) groups is 1. The van der Waals surface area contributed by atoms with Crippen LogP contribution in [-0.4, -0.2) is 43.7 Å². The number of ether oxygens (including phenoxy) is 2. The third-order valence-electron chi connectivity index (χ3n) is 6.41. The highest BCUT2D eigenvalue weighted by Crippen LogP contribution is 2.34. The maximum atomic E-state index is 13.6. The lowest BCUT2D eigenvalue weighted by Gasteiger charge is -2.33. The molecule has 2 aromatic carbocycles. The minimum absolute atomic E-state index is 0.186. The number of likely N-dealkylation sites (tertiary alicyclic amines) is 1. The van der Waals surface area contributed by atoms with E-state index in [1.807, 2.05) is 29.2 Å². The Balaban J connectivity index is 1.68. The lowest BCUT2D eigenvalue weighted by molar-refractivity contribution is -0.940. The number of hydrogen-bond donors (Lipinski definition) is 1. The van der Waals surface area contributed by atoms with E-state index in [2.05, 4.69) is 38.1 Å². The molecule has 4 rings (SSSR count). The summed E-state index contributed by atoms with van der Waals surface area (Å²) in [4.78, 5) is 16.9. The third-order valence-corrected chi connectivity index (χ3v) is 6.41. The number of likely N-dealkylation sites (N-methyl/N-ethyl adjacent to an activating group) is 1. The molecule has 0 radical (unpaired) electrons. The summed E-state index contributed by atoms with van der Waals surface area (Å²) in [5.41, 5.74) is 2.34. The van der Waals surface area contributed by atoms with Crippen LogP contribution in [0, 0.1) is 0 Å². The predicted octanol–water partition coefficient (Wildman–Crippen LogP) is 3.18. The minimum atomic E-state index is -0.186. The van der Waals surface area contributed by atoms with E-state index in [9.17, 15) is 4.79 Å². The van der Waals surface area contributed by atoms with Gasteiger partial charge in [-0.1, -0.05) is 30.3 Å². The van der Waals surface area contributed by atoms with Crippen molar-refractivity contribution in [3.63, 3.8) is 0 Å². The monoisotopic (exact) mass is 409 g/mol. The number of benzene rings is 2. The molecule has 1 N–H and O–H groups in total. The van der Waals surface area contributed by atoms with E-state index in [0.717, 1.165) is 56.0 Å². The first-order valence-electron chi connectivity index (χ1n) is 11.3. The molecule has 0 aliphatic carbocycles. The van der Waals surface area contributed by atoms with Crippen molar-refractivity contribution in [3.8, 4) is 11.5 Å². The van der Waals surface area contributed by atoms with Crippen LogP contribution in [0.3, 0.4) is 0 Å². The normalized spacial score (nSPS) is 21.7. The first kappa shape index (κ1) is 20.7. The van der Waals surface area contributed by atoms with Gasteiger partial charge in [0.05, 0.1) is 19.8 Å². The Morgan fingerprint density at radius 3 is 2.50 bits per heavy atom. The number of quaternary nitrogens is 1. The molecular formula is C25H33N2O3+. The number of carbonyl (C=O) groups excluding carboxylic acids is 1. The first-order valence-corrected chi connectivity index (χ1v) is 11.3. The van der Waals surface area contributed by atoms with Crippen LogP contribution >= 0.6 is 0 Å². The van der Waals surface area contributed by atoms with Gasteiger partial charge >= 0.3 is 0 Å². The highest BCUT2D eigenvalue weighted by molar-refractivity contribution is 5.82. The van der Waals surface area contributed by atoms with E-state index in [-0.39, 0.29) is 18.0 Å². The fourth-order valence-electron chi connectivity index (χ4n) is 4.87. The Hall–Kier alpha value is -2.53. The second kappa shape index (κ2) is 9.52. The summed E-state index contributed by atoms with van der Waals surface area (Å²) in [5.74, 6) is 1.89. The van der Waals surface area contributed by atoms with Crippen molar-refractivity contribution >= 4 is 5.91 Å². The number of hydrogen-bond acceptors (Lipinski definition) is 3. The number of nitrogens with zero attached hydrogens (tertiary/aromatic N) is 1. The molecule has 1 fully saturated rings. The fourth-order valence-corrected chi connectivity index (χ4v) is 4.87. The Kier molecular flexibility index (Phi) is 6.58. The molecule has 1 amide bonds. The van der Waals surface area contributed by atoms with Gasteiger partial charge in [-0.05, 0) is 32.0 Å². The Morgan fingerprint density at radius 1 is 1.03 bits per heavy atom.